The molecule has 1 saturated carbocycles. The maximum atomic E-state index is 12.4. The molecule has 2 aromatic rings. The number of carbonyl (C=O) groups excluding carboxylic acids is 1. The second-order valence-electron chi connectivity index (χ2n) is 5.93. The first kappa shape index (κ1) is 12.8. The Morgan fingerprint density at radius 2 is 2.00 bits per heavy atom. The minimum Gasteiger partial charge on any atom is -0.376 e. The van der Waals surface area contributed by atoms with Gasteiger partial charge in [0.05, 0.1) is 12.1 Å². The fourth-order valence-corrected chi connectivity index (χ4v) is 3.49. The Bertz CT molecular complexity index is 700. The predicted octanol–water partition coefficient (Wildman–Crippen LogP) is 1.68. The molecule has 2 fully saturated rings. The summed E-state index contributed by atoms with van der Waals surface area (Å²) in [7, 11) is 0. The van der Waals surface area contributed by atoms with Gasteiger partial charge < -0.3 is 15.8 Å². The molecule has 4 rings (SSSR count). The molecule has 1 amide bonds. The van der Waals surface area contributed by atoms with Gasteiger partial charge in [-0.05, 0) is 29.3 Å². The van der Waals surface area contributed by atoms with Crippen LogP contribution in [-0.4, -0.2) is 30.7 Å². The number of ether oxygens (including phenoxy) is 1. The van der Waals surface area contributed by atoms with Crippen molar-refractivity contribution in [2.24, 2.45) is 11.7 Å². The largest absolute Gasteiger partial charge is 0.376 e. The molecule has 0 aromatic heterocycles. The predicted molar refractivity (Wildman–Crippen MR) is 81.0 cm³/mol. The molecule has 0 radical (unpaired) electrons. The van der Waals surface area contributed by atoms with Gasteiger partial charge in [-0.3, -0.25) is 4.79 Å². The number of rotatable bonds is 2. The van der Waals surface area contributed by atoms with Crippen LogP contribution in [0.3, 0.4) is 0 Å². The maximum Gasteiger partial charge on any atom is 0.251 e. The molecule has 1 aliphatic carbocycles. The minimum atomic E-state index is -0.0739. The van der Waals surface area contributed by atoms with Gasteiger partial charge >= 0.3 is 0 Å². The Morgan fingerprint density at radius 3 is 2.86 bits per heavy atom. The van der Waals surface area contributed by atoms with Crippen molar-refractivity contribution < 1.29 is 9.53 Å². The van der Waals surface area contributed by atoms with E-state index in [9.17, 15) is 4.79 Å². The van der Waals surface area contributed by atoms with Gasteiger partial charge in [0.2, 0.25) is 0 Å². The normalized spacial score (nSPS) is 30.7. The third-order valence-electron chi connectivity index (χ3n) is 4.76. The molecule has 4 unspecified atom stereocenters. The van der Waals surface area contributed by atoms with Crippen LogP contribution in [0.15, 0.2) is 42.5 Å². The Kier molecular flexibility index (Phi) is 2.94. The number of nitrogens with two attached hydrogens (primary N) is 1. The molecule has 108 valence electrons. The highest BCUT2D eigenvalue weighted by Crippen LogP contribution is 2.37. The van der Waals surface area contributed by atoms with E-state index in [1.807, 2.05) is 42.5 Å². The molecule has 21 heavy (non-hydrogen) atoms. The molecule has 0 spiro atoms. The number of benzene rings is 2. The van der Waals surface area contributed by atoms with Crippen molar-refractivity contribution in [3.05, 3.63) is 48.0 Å². The van der Waals surface area contributed by atoms with Crippen LogP contribution < -0.4 is 11.1 Å². The van der Waals surface area contributed by atoms with Gasteiger partial charge in [-0.2, -0.15) is 0 Å². The lowest BCUT2D eigenvalue weighted by Crippen LogP contribution is -2.68. The molecule has 2 aromatic carbocycles. The Morgan fingerprint density at radius 1 is 1.19 bits per heavy atom. The second kappa shape index (κ2) is 4.83. The van der Waals surface area contributed by atoms with E-state index in [0.717, 1.165) is 23.8 Å². The first-order valence-electron chi connectivity index (χ1n) is 7.41. The summed E-state index contributed by atoms with van der Waals surface area (Å²) in [5, 5.41) is 5.23. The van der Waals surface area contributed by atoms with E-state index in [4.69, 9.17) is 10.5 Å². The Labute approximate surface area is 123 Å². The zero-order chi connectivity index (χ0) is 14.4. The molecule has 1 aliphatic heterocycles. The highest BCUT2D eigenvalue weighted by Gasteiger charge is 2.52. The van der Waals surface area contributed by atoms with E-state index in [-0.39, 0.29) is 24.1 Å². The van der Waals surface area contributed by atoms with Crippen molar-refractivity contribution in [2.75, 3.05) is 6.61 Å². The standard InChI is InChI=1S/C17H18N2O2/c18-14-13-7-8-21-16(13)15(14)19-17(20)12-6-5-10-3-1-2-4-11(10)9-12/h1-6,9,13-16H,7-8,18H2,(H,19,20). The van der Waals surface area contributed by atoms with E-state index in [0.29, 0.717) is 11.5 Å². The molecule has 4 nitrogen and oxygen atoms in total. The summed E-state index contributed by atoms with van der Waals surface area (Å²) in [6.07, 6.45) is 1.11. The first-order valence-corrected chi connectivity index (χ1v) is 7.41. The fourth-order valence-electron chi connectivity index (χ4n) is 3.49. The van der Waals surface area contributed by atoms with Crippen molar-refractivity contribution in [1.29, 1.82) is 0 Å². The lowest BCUT2D eigenvalue weighted by atomic mass is 9.72. The maximum absolute atomic E-state index is 12.4. The summed E-state index contributed by atoms with van der Waals surface area (Å²) in [5.41, 5.74) is 6.80. The van der Waals surface area contributed by atoms with Crippen LogP contribution in [0.1, 0.15) is 16.8 Å². The quantitative estimate of drug-likeness (QED) is 0.881. The SMILES string of the molecule is NC1C2CCOC2C1NC(=O)c1ccc2ccccc2c1. The number of carbonyl (C=O) groups is 1. The van der Waals surface area contributed by atoms with Gasteiger partial charge in [0.15, 0.2) is 0 Å². The van der Waals surface area contributed by atoms with E-state index >= 15 is 0 Å². The summed E-state index contributed by atoms with van der Waals surface area (Å²) in [6, 6.07) is 13.7. The van der Waals surface area contributed by atoms with Crippen LogP contribution in [0.2, 0.25) is 0 Å². The molecular formula is C17H18N2O2. The van der Waals surface area contributed by atoms with Crippen molar-refractivity contribution >= 4 is 16.7 Å². The number of nitrogens with one attached hydrogen (secondary N) is 1. The molecular weight excluding hydrogens is 264 g/mol. The smallest absolute Gasteiger partial charge is 0.251 e. The summed E-state index contributed by atoms with van der Waals surface area (Å²) in [5.74, 6) is 0.335. The van der Waals surface area contributed by atoms with Gasteiger partial charge in [-0.15, -0.1) is 0 Å². The molecule has 0 bridgehead atoms. The topological polar surface area (TPSA) is 64.3 Å². The third kappa shape index (κ3) is 2.03. The summed E-state index contributed by atoms with van der Waals surface area (Å²) < 4.78 is 5.65. The van der Waals surface area contributed by atoms with Crippen LogP contribution in [0.4, 0.5) is 0 Å². The minimum absolute atomic E-state index is 0.0157. The molecule has 1 heterocycles. The van der Waals surface area contributed by atoms with E-state index in [2.05, 4.69) is 5.32 Å². The third-order valence-corrected chi connectivity index (χ3v) is 4.76. The first-order chi connectivity index (χ1) is 10.2. The van der Waals surface area contributed by atoms with Gasteiger partial charge in [-0.25, -0.2) is 0 Å². The van der Waals surface area contributed by atoms with Gasteiger partial charge in [0, 0.05) is 24.1 Å². The van der Waals surface area contributed by atoms with Gasteiger partial charge in [0.1, 0.15) is 0 Å². The molecule has 4 atom stereocenters. The summed E-state index contributed by atoms with van der Waals surface area (Å²) >= 11 is 0. The summed E-state index contributed by atoms with van der Waals surface area (Å²) in [4.78, 5) is 12.4. The average molecular weight is 282 g/mol. The Hall–Kier alpha value is -1.91. The number of hydrogen-bond donors (Lipinski definition) is 2. The molecule has 1 saturated heterocycles. The zero-order valence-electron chi connectivity index (χ0n) is 11.7. The van der Waals surface area contributed by atoms with E-state index in [1.165, 1.54) is 0 Å². The van der Waals surface area contributed by atoms with Crippen LogP contribution in [0.25, 0.3) is 10.8 Å². The number of amides is 1. The van der Waals surface area contributed by atoms with Crippen LogP contribution in [0, 0.1) is 5.92 Å². The van der Waals surface area contributed by atoms with Crippen molar-refractivity contribution in [2.45, 2.75) is 24.6 Å². The highest BCUT2D eigenvalue weighted by molar-refractivity contribution is 5.98. The van der Waals surface area contributed by atoms with Gasteiger partial charge in [-0.1, -0.05) is 30.3 Å². The summed E-state index contributed by atoms with van der Waals surface area (Å²) in [6.45, 7) is 0.755. The zero-order valence-corrected chi connectivity index (χ0v) is 11.7. The molecule has 2 aliphatic rings. The average Bonchev–Trinajstić information content (AvgIpc) is 2.96. The molecule has 3 N–H and O–H groups in total. The number of fused-ring (bicyclic) bond motifs is 2. The van der Waals surface area contributed by atoms with Crippen LogP contribution in [0.5, 0.6) is 0 Å². The molecule has 4 heteroatoms. The van der Waals surface area contributed by atoms with E-state index in [1.54, 1.807) is 0 Å². The lowest BCUT2D eigenvalue weighted by Gasteiger charge is -2.45. The van der Waals surface area contributed by atoms with E-state index < -0.39 is 0 Å². The Balaban J connectivity index is 1.53. The van der Waals surface area contributed by atoms with Crippen LogP contribution >= 0.6 is 0 Å². The second-order valence-corrected chi connectivity index (χ2v) is 5.93. The number of hydrogen-bond acceptors (Lipinski definition) is 3. The van der Waals surface area contributed by atoms with Gasteiger partial charge in [0.25, 0.3) is 5.91 Å². The van der Waals surface area contributed by atoms with Crippen LogP contribution in [-0.2, 0) is 4.74 Å². The van der Waals surface area contributed by atoms with Crippen molar-refractivity contribution in [3.8, 4) is 0 Å². The fraction of sp³-hybridized carbons (Fsp3) is 0.353. The highest BCUT2D eigenvalue weighted by atomic mass is 16.5. The van der Waals surface area contributed by atoms with Crippen molar-refractivity contribution in [3.63, 3.8) is 0 Å². The van der Waals surface area contributed by atoms with Crippen molar-refractivity contribution in [1.82, 2.24) is 5.32 Å². The lowest BCUT2D eigenvalue weighted by molar-refractivity contribution is -0.0161. The monoisotopic (exact) mass is 282 g/mol.